The second-order valence-electron chi connectivity index (χ2n) is 4.77. The average molecular weight is 413 g/mol. The van der Waals surface area contributed by atoms with E-state index in [9.17, 15) is 19.7 Å². The van der Waals surface area contributed by atoms with Crippen molar-refractivity contribution in [2.75, 3.05) is 0 Å². The number of nitro benzene ring substituents is 1. The second-order valence-corrected chi connectivity index (χ2v) is 5.99. The molecule has 8 nitrogen and oxygen atoms in total. The Kier molecular flexibility index (Phi) is 6.45. The quantitative estimate of drug-likeness (QED) is 0.405. The predicted octanol–water partition coefficient (Wildman–Crippen LogP) is 2.85. The number of benzene rings is 2. The number of hydrogen-bond acceptors (Lipinski definition) is 5. The highest BCUT2D eigenvalue weighted by Crippen LogP contribution is 2.24. The summed E-state index contributed by atoms with van der Waals surface area (Å²) in [6.07, 6.45) is 0. The molecule has 134 valence electrons. The van der Waals surface area contributed by atoms with Gasteiger partial charge in [-0.1, -0.05) is 35.3 Å². The molecule has 0 saturated heterocycles. The van der Waals surface area contributed by atoms with Crippen LogP contribution in [0.25, 0.3) is 0 Å². The number of amides is 2. The smallest absolute Gasteiger partial charge is 0.288 e. The molecule has 0 spiro atoms. The van der Waals surface area contributed by atoms with Crippen LogP contribution in [-0.4, -0.2) is 21.9 Å². The Morgan fingerprint density at radius 3 is 2.35 bits per heavy atom. The standard InChI is InChI=1S/C15H10Cl2N4O4S/c16-10-4-2-1-3-9(10)14(23)18-15(26)20-19-13(22)8-5-6-11(17)12(7-8)21(24)25/h1-7H,(H,19,22)(H2,18,20,23,26). The first-order valence-corrected chi connectivity index (χ1v) is 8.06. The van der Waals surface area contributed by atoms with Gasteiger partial charge in [0.1, 0.15) is 5.02 Å². The van der Waals surface area contributed by atoms with Crippen LogP contribution in [0.5, 0.6) is 0 Å². The summed E-state index contributed by atoms with van der Waals surface area (Å²) >= 11 is 16.5. The number of nitro groups is 1. The van der Waals surface area contributed by atoms with Gasteiger partial charge in [-0.05, 0) is 36.5 Å². The summed E-state index contributed by atoms with van der Waals surface area (Å²) in [6.45, 7) is 0. The Morgan fingerprint density at radius 1 is 1.00 bits per heavy atom. The van der Waals surface area contributed by atoms with Gasteiger partial charge in [0.15, 0.2) is 5.11 Å². The fourth-order valence-corrected chi connectivity index (χ4v) is 2.38. The number of rotatable bonds is 3. The summed E-state index contributed by atoms with van der Waals surface area (Å²) in [4.78, 5) is 34.2. The number of halogens is 2. The number of nitrogens with zero attached hydrogens (tertiary/aromatic N) is 1. The lowest BCUT2D eigenvalue weighted by Crippen LogP contribution is -2.48. The first-order chi connectivity index (χ1) is 12.3. The Labute approximate surface area is 162 Å². The molecule has 0 saturated carbocycles. The number of thiocarbonyl (C=S) groups is 1. The molecule has 11 heteroatoms. The van der Waals surface area contributed by atoms with Crippen LogP contribution in [0.2, 0.25) is 10.0 Å². The maximum Gasteiger partial charge on any atom is 0.288 e. The van der Waals surface area contributed by atoms with Crippen LogP contribution in [0.3, 0.4) is 0 Å². The molecule has 0 aliphatic carbocycles. The van der Waals surface area contributed by atoms with E-state index in [1.54, 1.807) is 18.2 Å². The number of carbonyl (C=O) groups is 2. The zero-order valence-corrected chi connectivity index (χ0v) is 15.1. The summed E-state index contributed by atoms with van der Waals surface area (Å²) in [5.74, 6) is -1.27. The topological polar surface area (TPSA) is 113 Å². The third-order valence-electron chi connectivity index (χ3n) is 3.04. The molecule has 0 fully saturated rings. The highest BCUT2D eigenvalue weighted by atomic mass is 35.5. The van der Waals surface area contributed by atoms with Crippen molar-refractivity contribution in [3.63, 3.8) is 0 Å². The molecule has 2 aromatic rings. The molecule has 2 rings (SSSR count). The number of carbonyl (C=O) groups excluding carboxylic acids is 2. The molecule has 0 aliphatic rings. The van der Waals surface area contributed by atoms with Crippen molar-refractivity contribution in [3.8, 4) is 0 Å². The van der Waals surface area contributed by atoms with Crippen molar-refractivity contribution < 1.29 is 14.5 Å². The highest BCUT2D eigenvalue weighted by Gasteiger charge is 2.17. The molecule has 0 atom stereocenters. The van der Waals surface area contributed by atoms with E-state index in [-0.39, 0.29) is 26.3 Å². The fraction of sp³-hybridized carbons (Fsp3) is 0. The van der Waals surface area contributed by atoms with Gasteiger partial charge in [-0.2, -0.15) is 0 Å². The number of hydrazine groups is 1. The highest BCUT2D eigenvalue weighted by molar-refractivity contribution is 7.80. The molecule has 0 heterocycles. The minimum absolute atomic E-state index is 0.0196. The maximum atomic E-state index is 12.0. The molecule has 3 N–H and O–H groups in total. The lowest BCUT2D eigenvalue weighted by molar-refractivity contribution is -0.384. The van der Waals surface area contributed by atoms with E-state index in [0.717, 1.165) is 6.07 Å². The SMILES string of the molecule is O=C(NNC(=S)NC(=O)c1ccccc1Cl)c1ccc(Cl)c([N+](=O)[O-])c1. The van der Waals surface area contributed by atoms with Gasteiger partial charge < -0.3 is 0 Å². The van der Waals surface area contributed by atoms with Crippen molar-refractivity contribution in [1.29, 1.82) is 0 Å². The van der Waals surface area contributed by atoms with Gasteiger partial charge in [-0.15, -0.1) is 0 Å². The van der Waals surface area contributed by atoms with E-state index in [1.165, 1.54) is 18.2 Å². The van der Waals surface area contributed by atoms with Crippen LogP contribution in [0, 0.1) is 10.1 Å². The Bertz CT molecular complexity index is 907. The molecular weight excluding hydrogens is 403 g/mol. The molecule has 0 unspecified atom stereocenters. The van der Waals surface area contributed by atoms with Gasteiger partial charge in [-0.25, -0.2) is 0 Å². The molecule has 2 amide bonds. The van der Waals surface area contributed by atoms with Crippen molar-refractivity contribution >= 4 is 58.0 Å². The van der Waals surface area contributed by atoms with E-state index < -0.39 is 22.4 Å². The molecule has 0 bridgehead atoms. The number of hydrogen-bond donors (Lipinski definition) is 3. The van der Waals surface area contributed by atoms with E-state index >= 15 is 0 Å². The van der Waals surface area contributed by atoms with Crippen LogP contribution in [-0.2, 0) is 0 Å². The minimum Gasteiger partial charge on any atom is -0.298 e. The minimum atomic E-state index is -0.709. The molecule has 2 aromatic carbocycles. The summed E-state index contributed by atoms with van der Waals surface area (Å²) in [5, 5.41) is 13.1. The lowest BCUT2D eigenvalue weighted by Gasteiger charge is -2.11. The first kappa shape index (κ1) is 19.6. The van der Waals surface area contributed by atoms with Gasteiger partial charge in [0, 0.05) is 11.6 Å². The molecular formula is C15H10Cl2N4O4S. The van der Waals surface area contributed by atoms with Gasteiger partial charge in [-0.3, -0.25) is 35.9 Å². The van der Waals surface area contributed by atoms with E-state index in [1.807, 2.05) is 0 Å². The fourth-order valence-electron chi connectivity index (χ4n) is 1.83. The Hall–Kier alpha value is -2.75. The molecule has 0 radical (unpaired) electrons. The summed E-state index contributed by atoms with van der Waals surface area (Å²) in [5.41, 5.74) is 4.31. The first-order valence-electron chi connectivity index (χ1n) is 6.89. The second kappa shape index (κ2) is 8.56. The van der Waals surface area contributed by atoms with E-state index in [2.05, 4.69) is 16.2 Å². The zero-order chi connectivity index (χ0) is 19.3. The summed E-state index contributed by atoms with van der Waals surface area (Å²) in [6, 6.07) is 9.90. The van der Waals surface area contributed by atoms with Crippen molar-refractivity contribution in [3.05, 3.63) is 73.8 Å². The van der Waals surface area contributed by atoms with E-state index in [4.69, 9.17) is 35.4 Å². The van der Waals surface area contributed by atoms with Gasteiger partial charge in [0.2, 0.25) is 0 Å². The van der Waals surface area contributed by atoms with Crippen LogP contribution >= 0.6 is 35.4 Å². The summed E-state index contributed by atoms with van der Waals surface area (Å²) < 4.78 is 0. The Morgan fingerprint density at radius 2 is 1.69 bits per heavy atom. The lowest BCUT2D eigenvalue weighted by atomic mass is 10.2. The molecule has 0 aliphatic heterocycles. The Balaban J connectivity index is 1.96. The molecule has 26 heavy (non-hydrogen) atoms. The third kappa shape index (κ3) is 4.88. The van der Waals surface area contributed by atoms with E-state index in [0.29, 0.717) is 0 Å². The van der Waals surface area contributed by atoms with Gasteiger partial charge in [0.25, 0.3) is 17.5 Å². The third-order valence-corrected chi connectivity index (χ3v) is 3.89. The van der Waals surface area contributed by atoms with Crippen LogP contribution < -0.4 is 16.2 Å². The number of nitrogens with one attached hydrogen (secondary N) is 3. The molecule has 0 aromatic heterocycles. The van der Waals surface area contributed by atoms with Crippen LogP contribution in [0.1, 0.15) is 20.7 Å². The van der Waals surface area contributed by atoms with Crippen LogP contribution in [0.15, 0.2) is 42.5 Å². The predicted molar refractivity (Wildman–Crippen MR) is 100 cm³/mol. The maximum absolute atomic E-state index is 12.0. The average Bonchev–Trinajstić information content (AvgIpc) is 2.60. The normalized spacial score (nSPS) is 9.92. The van der Waals surface area contributed by atoms with Crippen LogP contribution in [0.4, 0.5) is 5.69 Å². The van der Waals surface area contributed by atoms with Gasteiger partial charge in [0.05, 0.1) is 15.5 Å². The monoisotopic (exact) mass is 412 g/mol. The van der Waals surface area contributed by atoms with Crippen molar-refractivity contribution in [2.24, 2.45) is 0 Å². The van der Waals surface area contributed by atoms with Crippen molar-refractivity contribution in [2.45, 2.75) is 0 Å². The van der Waals surface area contributed by atoms with Gasteiger partial charge >= 0.3 is 0 Å². The largest absolute Gasteiger partial charge is 0.298 e. The van der Waals surface area contributed by atoms with Crippen molar-refractivity contribution in [1.82, 2.24) is 16.2 Å². The summed E-state index contributed by atoms with van der Waals surface area (Å²) in [7, 11) is 0. The zero-order valence-electron chi connectivity index (χ0n) is 12.8.